The Hall–Kier alpha value is -7.96. The molecule has 0 radical (unpaired) electrons. The van der Waals surface area contributed by atoms with Gasteiger partial charge in [0, 0.05) is 55.0 Å². The van der Waals surface area contributed by atoms with E-state index in [9.17, 15) is 4.79 Å². The molecule has 0 atom stereocenters. The van der Waals surface area contributed by atoms with Gasteiger partial charge in [-0.05, 0) is 100 Å². The Morgan fingerprint density at radius 3 is 1.41 bits per heavy atom. The third kappa shape index (κ3) is 5.28. The summed E-state index contributed by atoms with van der Waals surface area (Å²) in [5, 5.41) is 5.10. The second-order valence-electron chi connectivity index (χ2n) is 16.4. The van der Waals surface area contributed by atoms with Crippen molar-refractivity contribution in [3.63, 3.8) is 0 Å². The second kappa shape index (κ2) is 13.3. The molecule has 12 rings (SSSR count). The van der Waals surface area contributed by atoms with Crippen LogP contribution in [0.15, 0.2) is 193 Å². The second-order valence-corrected chi connectivity index (χ2v) is 16.4. The zero-order valence-corrected chi connectivity index (χ0v) is 33.5. The highest BCUT2D eigenvalue weighted by atomic mass is 16.1. The van der Waals surface area contributed by atoms with E-state index in [1.165, 1.54) is 27.5 Å². The first-order chi connectivity index (χ1) is 29.9. The van der Waals surface area contributed by atoms with Crippen molar-refractivity contribution in [3.8, 4) is 56.7 Å². The predicted octanol–water partition coefficient (Wildman–Crippen LogP) is 12.7. The normalized spacial score (nSPS) is 13.0. The molecule has 0 spiro atoms. The van der Waals surface area contributed by atoms with Crippen molar-refractivity contribution in [2.45, 2.75) is 19.3 Å². The molecule has 11 aromatic rings. The fourth-order valence-electron chi connectivity index (χ4n) is 9.70. The van der Waals surface area contributed by atoms with E-state index in [1.807, 2.05) is 66.7 Å². The highest BCUT2D eigenvalue weighted by Crippen LogP contribution is 2.51. The maximum Gasteiger partial charge on any atom is 0.263 e. The van der Waals surface area contributed by atoms with Gasteiger partial charge in [-0.2, -0.15) is 0 Å². The van der Waals surface area contributed by atoms with Crippen LogP contribution in [0.2, 0.25) is 0 Å². The molecule has 6 heteroatoms. The van der Waals surface area contributed by atoms with Crippen LogP contribution in [0.1, 0.15) is 25.0 Å². The quantitative estimate of drug-likeness (QED) is 0.163. The van der Waals surface area contributed by atoms with Crippen LogP contribution in [0.4, 0.5) is 0 Å². The molecule has 8 aromatic carbocycles. The Morgan fingerprint density at radius 1 is 0.377 bits per heavy atom. The van der Waals surface area contributed by atoms with Crippen molar-refractivity contribution in [3.05, 3.63) is 210 Å². The SMILES string of the molecule is CC1(C)c2ccccc2-c2c(-c3nc(-c4ccc(-n5c(=O)c6ccccc6c6ccccc65)cc4)nc(-c4ccc(-n5c6ccccc6c6ccccc65)cc4)n3)cccc21. The summed E-state index contributed by atoms with van der Waals surface area (Å²) in [6, 6.07) is 64.6. The molecule has 6 nitrogen and oxygen atoms in total. The summed E-state index contributed by atoms with van der Waals surface area (Å²) in [7, 11) is 0. The minimum atomic E-state index is -0.176. The molecule has 1 aliphatic rings. The van der Waals surface area contributed by atoms with Crippen molar-refractivity contribution in [2.24, 2.45) is 0 Å². The largest absolute Gasteiger partial charge is 0.309 e. The lowest BCUT2D eigenvalue weighted by Gasteiger charge is -2.21. The van der Waals surface area contributed by atoms with Crippen LogP contribution in [0.3, 0.4) is 0 Å². The fourth-order valence-corrected chi connectivity index (χ4v) is 9.70. The van der Waals surface area contributed by atoms with Gasteiger partial charge in [0.2, 0.25) is 0 Å². The standard InChI is InChI=1S/C55H37N5O/c1-55(2)45-21-9-5-19-43(45)50-44(20-13-22-46(50)55)53-57-51(34-26-30-36(31-27-34)59-47-23-10-7-16-40(47)41-17-8-11-24-48(41)59)56-52(58-53)35-28-32-37(33-29-35)60-49-25-12-6-15-39(49)38-14-3-4-18-42(38)54(60)61/h3-33H,1-2H3. The van der Waals surface area contributed by atoms with Gasteiger partial charge in [-0.15, -0.1) is 0 Å². The summed E-state index contributed by atoms with van der Waals surface area (Å²) >= 11 is 0. The third-order valence-corrected chi connectivity index (χ3v) is 12.6. The van der Waals surface area contributed by atoms with Gasteiger partial charge < -0.3 is 4.57 Å². The highest BCUT2D eigenvalue weighted by molar-refractivity contribution is 6.09. The van der Waals surface area contributed by atoms with E-state index in [0.29, 0.717) is 22.9 Å². The van der Waals surface area contributed by atoms with Crippen LogP contribution in [-0.4, -0.2) is 24.1 Å². The van der Waals surface area contributed by atoms with Gasteiger partial charge >= 0.3 is 0 Å². The fraction of sp³-hybridized carbons (Fsp3) is 0.0545. The summed E-state index contributed by atoms with van der Waals surface area (Å²) in [4.78, 5) is 29.8. The third-order valence-electron chi connectivity index (χ3n) is 12.6. The van der Waals surface area contributed by atoms with Crippen LogP contribution in [0.25, 0.3) is 100 Å². The minimum absolute atomic E-state index is 0.0581. The van der Waals surface area contributed by atoms with E-state index < -0.39 is 0 Å². The molecule has 0 aliphatic heterocycles. The molecule has 288 valence electrons. The predicted molar refractivity (Wildman–Crippen MR) is 249 cm³/mol. The summed E-state index contributed by atoms with van der Waals surface area (Å²) in [6.07, 6.45) is 0. The van der Waals surface area contributed by atoms with Crippen LogP contribution >= 0.6 is 0 Å². The van der Waals surface area contributed by atoms with Gasteiger partial charge in [-0.1, -0.05) is 129 Å². The van der Waals surface area contributed by atoms with Crippen molar-refractivity contribution in [1.82, 2.24) is 24.1 Å². The molecule has 0 N–H and O–H groups in total. The van der Waals surface area contributed by atoms with Crippen LogP contribution in [0.5, 0.6) is 0 Å². The molecule has 0 unspecified atom stereocenters. The van der Waals surface area contributed by atoms with E-state index in [1.54, 1.807) is 4.57 Å². The average molecular weight is 784 g/mol. The number of rotatable bonds is 5. The number of pyridine rings is 1. The number of hydrogen-bond acceptors (Lipinski definition) is 4. The number of para-hydroxylation sites is 3. The number of nitrogens with zero attached hydrogens (tertiary/aromatic N) is 5. The van der Waals surface area contributed by atoms with Gasteiger partial charge in [0.1, 0.15) is 0 Å². The lowest BCUT2D eigenvalue weighted by Crippen LogP contribution is -2.19. The number of hydrogen-bond donors (Lipinski definition) is 0. The van der Waals surface area contributed by atoms with Gasteiger partial charge in [-0.3, -0.25) is 9.36 Å². The lowest BCUT2D eigenvalue weighted by atomic mass is 9.82. The molecular formula is C55H37N5O. The summed E-state index contributed by atoms with van der Waals surface area (Å²) < 4.78 is 4.12. The zero-order chi connectivity index (χ0) is 40.8. The first-order valence-electron chi connectivity index (χ1n) is 20.7. The van der Waals surface area contributed by atoms with E-state index in [4.69, 9.17) is 15.0 Å². The van der Waals surface area contributed by atoms with Gasteiger partial charge in [0.25, 0.3) is 5.56 Å². The Kier molecular flexibility index (Phi) is 7.62. The van der Waals surface area contributed by atoms with E-state index >= 15 is 0 Å². The van der Waals surface area contributed by atoms with Crippen molar-refractivity contribution < 1.29 is 0 Å². The molecule has 0 saturated heterocycles. The molecule has 3 aromatic heterocycles. The number of aromatic nitrogens is 5. The van der Waals surface area contributed by atoms with Gasteiger partial charge in [0.05, 0.1) is 16.6 Å². The van der Waals surface area contributed by atoms with Crippen LogP contribution in [0, 0.1) is 0 Å². The van der Waals surface area contributed by atoms with Crippen molar-refractivity contribution >= 4 is 43.5 Å². The Morgan fingerprint density at radius 2 is 0.803 bits per heavy atom. The Balaban J connectivity index is 1.02. The molecular weight excluding hydrogens is 747 g/mol. The molecule has 1 aliphatic carbocycles. The van der Waals surface area contributed by atoms with E-state index in [0.717, 1.165) is 61.0 Å². The Labute approximate surface area is 351 Å². The monoisotopic (exact) mass is 783 g/mol. The maximum atomic E-state index is 14.1. The number of benzene rings is 8. The summed E-state index contributed by atoms with van der Waals surface area (Å²) in [5.74, 6) is 1.74. The Bertz CT molecular complexity index is 3580. The smallest absolute Gasteiger partial charge is 0.263 e. The van der Waals surface area contributed by atoms with E-state index in [2.05, 4.69) is 140 Å². The molecule has 0 bridgehead atoms. The molecule has 0 saturated carbocycles. The maximum absolute atomic E-state index is 14.1. The van der Waals surface area contributed by atoms with Crippen LogP contribution < -0.4 is 5.56 Å². The molecule has 61 heavy (non-hydrogen) atoms. The van der Waals surface area contributed by atoms with Crippen molar-refractivity contribution in [2.75, 3.05) is 0 Å². The average Bonchev–Trinajstić information content (AvgIpc) is 3.78. The first-order valence-corrected chi connectivity index (χ1v) is 20.7. The number of fused-ring (bicyclic) bond motifs is 9. The topological polar surface area (TPSA) is 65.6 Å². The summed E-state index contributed by atoms with van der Waals surface area (Å²) in [5.41, 5.74) is 12.3. The van der Waals surface area contributed by atoms with E-state index in [-0.39, 0.29) is 11.0 Å². The lowest BCUT2D eigenvalue weighted by molar-refractivity contribution is 0.660. The molecule has 3 heterocycles. The van der Waals surface area contributed by atoms with Gasteiger partial charge in [0.15, 0.2) is 17.5 Å². The first kappa shape index (κ1) is 35.0. The molecule has 0 amide bonds. The minimum Gasteiger partial charge on any atom is -0.309 e. The van der Waals surface area contributed by atoms with Crippen LogP contribution in [-0.2, 0) is 5.41 Å². The molecule has 0 fully saturated rings. The van der Waals surface area contributed by atoms with Crippen molar-refractivity contribution in [1.29, 1.82) is 0 Å². The highest BCUT2D eigenvalue weighted by Gasteiger charge is 2.37. The zero-order valence-electron chi connectivity index (χ0n) is 33.5. The summed E-state index contributed by atoms with van der Waals surface area (Å²) in [6.45, 7) is 4.58. The van der Waals surface area contributed by atoms with Gasteiger partial charge in [-0.25, -0.2) is 15.0 Å².